The van der Waals surface area contributed by atoms with Crippen molar-refractivity contribution in [1.82, 2.24) is 5.32 Å². The van der Waals surface area contributed by atoms with Gasteiger partial charge >= 0.3 is 0 Å². The first-order valence-corrected chi connectivity index (χ1v) is 7.31. The highest BCUT2D eigenvalue weighted by Gasteiger charge is 2.27. The van der Waals surface area contributed by atoms with Gasteiger partial charge in [-0.2, -0.15) is 0 Å². The molecule has 0 saturated carbocycles. The van der Waals surface area contributed by atoms with E-state index in [0.29, 0.717) is 6.61 Å². The maximum Gasteiger partial charge on any atom is 0.127 e. The fourth-order valence-corrected chi connectivity index (χ4v) is 2.74. The number of aromatic hydroxyl groups is 1. The standard InChI is InChI=1S/C18H21NO2/c1-18(2,13-6-4-3-5-7-13)12-19-16-11-21-17-10-14(20)8-9-15(16)17/h3-10,16,19-20H,11-12H2,1-2H3. The zero-order chi connectivity index (χ0) is 14.9. The van der Waals surface area contributed by atoms with Crippen LogP contribution in [0, 0.1) is 0 Å². The predicted octanol–water partition coefficient (Wildman–Crippen LogP) is 3.39. The summed E-state index contributed by atoms with van der Waals surface area (Å²) >= 11 is 0. The minimum atomic E-state index is 0.0565. The van der Waals surface area contributed by atoms with Crippen molar-refractivity contribution in [3.63, 3.8) is 0 Å². The van der Waals surface area contributed by atoms with E-state index in [1.807, 2.05) is 12.1 Å². The molecule has 1 heterocycles. The average molecular weight is 283 g/mol. The molecule has 21 heavy (non-hydrogen) atoms. The summed E-state index contributed by atoms with van der Waals surface area (Å²) in [5.74, 6) is 1.03. The molecule has 1 atom stereocenters. The summed E-state index contributed by atoms with van der Waals surface area (Å²) in [6, 6.07) is 16.0. The number of nitrogens with one attached hydrogen (secondary N) is 1. The molecule has 0 aliphatic carbocycles. The van der Waals surface area contributed by atoms with Crippen LogP contribution in [0.25, 0.3) is 0 Å². The van der Waals surface area contributed by atoms with Gasteiger partial charge in [-0.3, -0.25) is 0 Å². The van der Waals surface area contributed by atoms with Gasteiger partial charge in [-0.05, 0) is 17.7 Å². The van der Waals surface area contributed by atoms with Gasteiger partial charge in [-0.25, -0.2) is 0 Å². The Kier molecular flexibility index (Phi) is 3.60. The highest BCUT2D eigenvalue weighted by atomic mass is 16.5. The van der Waals surface area contributed by atoms with Crippen LogP contribution in [-0.2, 0) is 5.41 Å². The molecule has 0 spiro atoms. The number of ether oxygens (including phenoxy) is 1. The number of hydrogen-bond donors (Lipinski definition) is 2. The molecule has 2 aromatic carbocycles. The Morgan fingerprint density at radius 1 is 1.19 bits per heavy atom. The lowest BCUT2D eigenvalue weighted by molar-refractivity contribution is 0.300. The average Bonchev–Trinajstić information content (AvgIpc) is 2.88. The highest BCUT2D eigenvalue weighted by molar-refractivity contribution is 5.44. The highest BCUT2D eigenvalue weighted by Crippen LogP contribution is 2.35. The Hall–Kier alpha value is -2.00. The molecule has 110 valence electrons. The van der Waals surface area contributed by atoms with Crippen molar-refractivity contribution >= 4 is 0 Å². The first-order valence-electron chi connectivity index (χ1n) is 7.31. The zero-order valence-corrected chi connectivity index (χ0v) is 12.5. The fraction of sp³-hybridized carbons (Fsp3) is 0.333. The van der Waals surface area contributed by atoms with Gasteiger partial charge in [-0.1, -0.05) is 44.2 Å². The van der Waals surface area contributed by atoms with Crippen LogP contribution < -0.4 is 10.1 Å². The third-order valence-electron chi connectivity index (χ3n) is 4.12. The molecule has 0 amide bonds. The summed E-state index contributed by atoms with van der Waals surface area (Å²) in [4.78, 5) is 0. The number of phenolic OH excluding ortho intramolecular Hbond substituents is 1. The number of rotatable bonds is 4. The molecule has 3 nitrogen and oxygen atoms in total. The first kappa shape index (κ1) is 14.0. The molecule has 3 rings (SSSR count). The number of phenols is 1. The van der Waals surface area contributed by atoms with Crippen LogP contribution in [-0.4, -0.2) is 18.3 Å². The lowest BCUT2D eigenvalue weighted by Crippen LogP contribution is -2.35. The first-order chi connectivity index (χ1) is 10.1. The van der Waals surface area contributed by atoms with E-state index < -0.39 is 0 Å². The van der Waals surface area contributed by atoms with Crippen molar-refractivity contribution in [2.24, 2.45) is 0 Å². The van der Waals surface area contributed by atoms with Crippen LogP contribution >= 0.6 is 0 Å². The van der Waals surface area contributed by atoms with Gasteiger partial charge < -0.3 is 15.2 Å². The Labute approximate surface area is 125 Å². The summed E-state index contributed by atoms with van der Waals surface area (Å²) in [5, 5.41) is 13.1. The molecule has 0 fully saturated rings. The van der Waals surface area contributed by atoms with E-state index in [-0.39, 0.29) is 17.2 Å². The minimum absolute atomic E-state index is 0.0565. The van der Waals surface area contributed by atoms with E-state index in [1.54, 1.807) is 12.1 Å². The Balaban J connectivity index is 1.70. The second-order valence-electron chi connectivity index (χ2n) is 6.22. The summed E-state index contributed by atoms with van der Waals surface area (Å²) in [5.41, 5.74) is 2.50. The number of hydrogen-bond acceptors (Lipinski definition) is 3. The Morgan fingerprint density at radius 3 is 2.71 bits per heavy atom. The van der Waals surface area contributed by atoms with E-state index in [0.717, 1.165) is 17.9 Å². The SMILES string of the molecule is CC(C)(CNC1COc2cc(O)ccc21)c1ccccc1. The lowest BCUT2D eigenvalue weighted by Gasteiger charge is -2.27. The van der Waals surface area contributed by atoms with Crippen LogP contribution in [0.2, 0.25) is 0 Å². The van der Waals surface area contributed by atoms with Crippen molar-refractivity contribution in [2.45, 2.75) is 25.3 Å². The molecule has 0 bridgehead atoms. The molecular formula is C18H21NO2. The van der Waals surface area contributed by atoms with Crippen molar-refractivity contribution in [1.29, 1.82) is 0 Å². The maximum atomic E-state index is 9.49. The van der Waals surface area contributed by atoms with Crippen LogP contribution in [0.15, 0.2) is 48.5 Å². The molecule has 0 saturated heterocycles. The lowest BCUT2D eigenvalue weighted by atomic mass is 9.84. The topological polar surface area (TPSA) is 41.5 Å². The largest absolute Gasteiger partial charge is 0.508 e. The third kappa shape index (κ3) is 2.88. The van der Waals surface area contributed by atoms with E-state index in [2.05, 4.69) is 43.4 Å². The van der Waals surface area contributed by atoms with Gasteiger partial charge in [0.25, 0.3) is 0 Å². The van der Waals surface area contributed by atoms with Gasteiger partial charge in [0.1, 0.15) is 18.1 Å². The third-order valence-corrected chi connectivity index (χ3v) is 4.12. The van der Waals surface area contributed by atoms with Crippen LogP contribution in [0.3, 0.4) is 0 Å². The maximum absolute atomic E-state index is 9.49. The quantitative estimate of drug-likeness (QED) is 0.903. The van der Waals surface area contributed by atoms with Gasteiger partial charge in [0.15, 0.2) is 0 Å². The molecule has 1 aliphatic heterocycles. The monoisotopic (exact) mass is 283 g/mol. The van der Waals surface area contributed by atoms with E-state index in [1.165, 1.54) is 5.56 Å². The van der Waals surface area contributed by atoms with Gasteiger partial charge in [0.2, 0.25) is 0 Å². The van der Waals surface area contributed by atoms with E-state index in [4.69, 9.17) is 4.74 Å². The molecular weight excluding hydrogens is 262 g/mol. The van der Waals surface area contributed by atoms with Crippen molar-refractivity contribution in [2.75, 3.05) is 13.2 Å². The normalized spacial score (nSPS) is 17.3. The summed E-state index contributed by atoms with van der Waals surface area (Å²) in [6.07, 6.45) is 0. The summed E-state index contributed by atoms with van der Waals surface area (Å²) in [6.45, 7) is 5.96. The Morgan fingerprint density at radius 2 is 1.95 bits per heavy atom. The van der Waals surface area contributed by atoms with Crippen LogP contribution in [0.5, 0.6) is 11.5 Å². The van der Waals surface area contributed by atoms with Gasteiger partial charge in [0, 0.05) is 23.6 Å². The second-order valence-corrected chi connectivity index (χ2v) is 6.22. The van der Waals surface area contributed by atoms with E-state index >= 15 is 0 Å². The van der Waals surface area contributed by atoms with E-state index in [9.17, 15) is 5.11 Å². The van der Waals surface area contributed by atoms with Crippen LogP contribution in [0.1, 0.15) is 31.0 Å². The molecule has 0 radical (unpaired) electrons. The second kappa shape index (κ2) is 5.41. The molecule has 1 unspecified atom stereocenters. The fourth-order valence-electron chi connectivity index (χ4n) is 2.74. The smallest absolute Gasteiger partial charge is 0.127 e. The van der Waals surface area contributed by atoms with Crippen molar-refractivity contribution < 1.29 is 9.84 Å². The predicted molar refractivity (Wildman–Crippen MR) is 83.8 cm³/mol. The van der Waals surface area contributed by atoms with Crippen LogP contribution in [0.4, 0.5) is 0 Å². The Bertz CT molecular complexity index is 622. The van der Waals surface area contributed by atoms with Gasteiger partial charge in [-0.15, -0.1) is 0 Å². The number of fused-ring (bicyclic) bond motifs is 1. The minimum Gasteiger partial charge on any atom is -0.508 e. The summed E-state index contributed by atoms with van der Waals surface area (Å²) < 4.78 is 5.64. The van der Waals surface area contributed by atoms with Gasteiger partial charge in [0.05, 0.1) is 6.04 Å². The molecule has 0 aromatic heterocycles. The zero-order valence-electron chi connectivity index (χ0n) is 12.5. The molecule has 3 heteroatoms. The summed E-state index contributed by atoms with van der Waals surface area (Å²) in [7, 11) is 0. The molecule has 2 aromatic rings. The number of benzene rings is 2. The molecule has 1 aliphatic rings. The van der Waals surface area contributed by atoms with Crippen molar-refractivity contribution in [3.8, 4) is 11.5 Å². The van der Waals surface area contributed by atoms with Crippen molar-refractivity contribution in [3.05, 3.63) is 59.7 Å². The molecule has 2 N–H and O–H groups in total.